The van der Waals surface area contributed by atoms with Gasteiger partial charge >= 0.3 is 0 Å². The SMILES string of the molecule is COc1cccc2c1[C@@H]1CN(CCCCN)C[C@H]1CO2. The lowest BCUT2D eigenvalue weighted by Crippen LogP contribution is -2.25. The Balaban J connectivity index is 1.75. The summed E-state index contributed by atoms with van der Waals surface area (Å²) in [5, 5.41) is 0. The zero-order chi connectivity index (χ0) is 13.9. The van der Waals surface area contributed by atoms with Crippen LogP contribution in [0.2, 0.25) is 0 Å². The zero-order valence-corrected chi connectivity index (χ0v) is 12.2. The molecule has 0 amide bonds. The van der Waals surface area contributed by atoms with Crippen molar-refractivity contribution < 1.29 is 9.47 Å². The summed E-state index contributed by atoms with van der Waals surface area (Å²) in [4.78, 5) is 2.55. The molecule has 1 saturated heterocycles. The number of rotatable bonds is 5. The van der Waals surface area contributed by atoms with Crippen molar-refractivity contribution in [3.63, 3.8) is 0 Å². The van der Waals surface area contributed by atoms with Crippen molar-refractivity contribution in [3.8, 4) is 11.5 Å². The highest BCUT2D eigenvalue weighted by atomic mass is 16.5. The number of nitrogens with zero attached hydrogens (tertiary/aromatic N) is 1. The highest BCUT2D eigenvalue weighted by Gasteiger charge is 2.40. The van der Waals surface area contributed by atoms with E-state index in [0.29, 0.717) is 11.8 Å². The van der Waals surface area contributed by atoms with Gasteiger partial charge in [-0.2, -0.15) is 0 Å². The molecule has 1 aromatic carbocycles. The first-order chi connectivity index (χ1) is 9.83. The summed E-state index contributed by atoms with van der Waals surface area (Å²) in [6.45, 7) is 5.02. The third-order valence-electron chi connectivity index (χ3n) is 4.51. The van der Waals surface area contributed by atoms with Gasteiger partial charge in [0.15, 0.2) is 0 Å². The highest BCUT2D eigenvalue weighted by molar-refractivity contribution is 5.49. The van der Waals surface area contributed by atoms with Gasteiger partial charge < -0.3 is 20.1 Å². The fourth-order valence-corrected chi connectivity index (χ4v) is 3.51. The minimum Gasteiger partial charge on any atom is -0.496 e. The van der Waals surface area contributed by atoms with Crippen molar-refractivity contribution in [3.05, 3.63) is 23.8 Å². The Kier molecular flexibility index (Phi) is 4.13. The van der Waals surface area contributed by atoms with Gasteiger partial charge in [-0.15, -0.1) is 0 Å². The van der Waals surface area contributed by atoms with Crippen molar-refractivity contribution in [2.24, 2.45) is 11.7 Å². The Morgan fingerprint density at radius 1 is 1.35 bits per heavy atom. The van der Waals surface area contributed by atoms with E-state index in [2.05, 4.69) is 11.0 Å². The summed E-state index contributed by atoms with van der Waals surface area (Å²) < 4.78 is 11.5. The van der Waals surface area contributed by atoms with Crippen LogP contribution in [0.4, 0.5) is 0 Å². The number of benzene rings is 1. The summed E-state index contributed by atoms with van der Waals surface area (Å²) in [7, 11) is 1.74. The fourth-order valence-electron chi connectivity index (χ4n) is 3.51. The number of ether oxygens (including phenoxy) is 2. The first-order valence-corrected chi connectivity index (χ1v) is 7.55. The molecule has 2 N–H and O–H groups in total. The van der Waals surface area contributed by atoms with Gasteiger partial charge in [0.05, 0.1) is 13.7 Å². The smallest absolute Gasteiger partial charge is 0.126 e. The van der Waals surface area contributed by atoms with E-state index in [-0.39, 0.29) is 0 Å². The van der Waals surface area contributed by atoms with Crippen molar-refractivity contribution in [1.29, 1.82) is 0 Å². The molecule has 1 aromatic rings. The van der Waals surface area contributed by atoms with Crippen LogP contribution in [-0.4, -0.2) is 44.8 Å². The lowest BCUT2D eigenvalue weighted by atomic mass is 9.86. The van der Waals surface area contributed by atoms with E-state index >= 15 is 0 Å². The highest BCUT2D eigenvalue weighted by Crippen LogP contribution is 2.45. The van der Waals surface area contributed by atoms with E-state index in [1.165, 1.54) is 12.0 Å². The second-order valence-electron chi connectivity index (χ2n) is 5.81. The Hall–Kier alpha value is -1.26. The number of hydrogen-bond donors (Lipinski definition) is 1. The first-order valence-electron chi connectivity index (χ1n) is 7.55. The molecule has 2 atom stereocenters. The molecule has 0 spiro atoms. The topological polar surface area (TPSA) is 47.7 Å². The maximum absolute atomic E-state index is 5.93. The Morgan fingerprint density at radius 3 is 3.05 bits per heavy atom. The summed E-state index contributed by atoms with van der Waals surface area (Å²) >= 11 is 0. The lowest BCUT2D eigenvalue weighted by molar-refractivity contribution is 0.209. The van der Waals surface area contributed by atoms with Crippen LogP contribution in [0.5, 0.6) is 11.5 Å². The van der Waals surface area contributed by atoms with Crippen LogP contribution in [0.3, 0.4) is 0 Å². The molecule has 3 rings (SSSR count). The minimum atomic E-state index is 0.549. The van der Waals surface area contributed by atoms with E-state index in [4.69, 9.17) is 15.2 Å². The zero-order valence-electron chi connectivity index (χ0n) is 12.2. The molecule has 2 aliphatic heterocycles. The van der Waals surface area contributed by atoms with E-state index in [1.807, 2.05) is 12.1 Å². The molecule has 0 saturated carbocycles. The average molecular weight is 276 g/mol. The molecule has 4 nitrogen and oxygen atoms in total. The van der Waals surface area contributed by atoms with Gasteiger partial charge in [-0.3, -0.25) is 0 Å². The van der Waals surface area contributed by atoms with Gasteiger partial charge in [-0.25, -0.2) is 0 Å². The fraction of sp³-hybridized carbons (Fsp3) is 0.625. The second kappa shape index (κ2) is 6.02. The summed E-state index contributed by atoms with van der Waals surface area (Å²) in [5.41, 5.74) is 6.85. The van der Waals surface area contributed by atoms with Crippen molar-refractivity contribution in [2.45, 2.75) is 18.8 Å². The molecular formula is C16H24N2O2. The number of fused-ring (bicyclic) bond motifs is 3. The van der Waals surface area contributed by atoms with Crippen molar-refractivity contribution in [2.75, 3.05) is 39.9 Å². The third-order valence-corrected chi connectivity index (χ3v) is 4.51. The molecule has 1 fully saturated rings. The Morgan fingerprint density at radius 2 is 2.25 bits per heavy atom. The molecule has 0 radical (unpaired) electrons. The van der Waals surface area contributed by atoms with Crippen LogP contribution >= 0.6 is 0 Å². The van der Waals surface area contributed by atoms with E-state index in [0.717, 1.165) is 50.7 Å². The normalized spacial score (nSPS) is 24.9. The molecule has 110 valence electrons. The molecule has 2 heterocycles. The molecule has 0 aliphatic carbocycles. The lowest BCUT2D eigenvalue weighted by Gasteiger charge is -2.29. The maximum Gasteiger partial charge on any atom is 0.126 e. The van der Waals surface area contributed by atoms with Crippen LogP contribution < -0.4 is 15.2 Å². The Bertz CT molecular complexity index is 450. The molecule has 0 aromatic heterocycles. The molecule has 4 heteroatoms. The molecular weight excluding hydrogens is 252 g/mol. The van der Waals surface area contributed by atoms with Gasteiger partial charge in [-0.1, -0.05) is 6.07 Å². The molecule has 0 unspecified atom stereocenters. The van der Waals surface area contributed by atoms with Gasteiger partial charge in [0, 0.05) is 30.5 Å². The quantitative estimate of drug-likeness (QED) is 0.834. The minimum absolute atomic E-state index is 0.549. The average Bonchev–Trinajstić information content (AvgIpc) is 2.89. The molecule has 0 bridgehead atoms. The van der Waals surface area contributed by atoms with Crippen LogP contribution in [0.15, 0.2) is 18.2 Å². The van der Waals surface area contributed by atoms with Crippen molar-refractivity contribution >= 4 is 0 Å². The largest absolute Gasteiger partial charge is 0.496 e. The second-order valence-corrected chi connectivity index (χ2v) is 5.81. The first kappa shape index (κ1) is 13.7. The van der Waals surface area contributed by atoms with E-state index < -0.39 is 0 Å². The monoisotopic (exact) mass is 276 g/mol. The van der Waals surface area contributed by atoms with Crippen LogP contribution in [-0.2, 0) is 0 Å². The number of unbranched alkanes of at least 4 members (excludes halogenated alkanes) is 1. The van der Waals surface area contributed by atoms with E-state index in [9.17, 15) is 0 Å². The predicted molar refractivity (Wildman–Crippen MR) is 79.4 cm³/mol. The summed E-state index contributed by atoms with van der Waals surface area (Å²) in [5.74, 6) is 3.12. The summed E-state index contributed by atoms with van der Waals surface area (Å²) in [6, 6.07) is 6.11. The maximum atomic E-state index is 5.93. The summed E-state index contributed by atoms with van der Waals surface area (Å²) in [6.07, 6.45) is 2.30. The standard InChI is InChI=1S/C16H24N2O2/c1-19-14-5-4-6-15-16(14)13-10-18(8-3-2-7-17)9-12(13)11-20-15/h4-6,12-13H,2-3,7-11,17H2,1H3/t12-,13+/m0/s1. The van der Waals surface area contributed by atoms with Gasteiger partial charge in [0.25, 0.3) is 0 Å². The van der Waals surface area contributed by atoms with Crippen LogP contribution in [0.1, 0.15) is 24.3 Å². The van der Waals surface area contributed by atoms with Crippen LogP contribution in [0.25, 0.3) is 0 Å². The van der Waals surface area contributed by atoms with Crippen LogP contribution in [0, 0.1) is 5.92 Å². The third kappa shape index (κ3) is 2.50. The van der Waals surface area contributed by atoms with Crippen molar-refractivity contribution in [1.82, 2.24) is 4.90 Å². The number of nitrogens with two attached hydrogens (primary N) is 1. The van der Waals surface area contributed by atoms with Gasteiger partial charge in [0.1, 0.15) is 11.5 Å². The van der Waals surface area contributed by atoms with Gasteiger partial charge in [-0.05, 0) is 38.1 Å². The number of methoxy groups -OCH3 is 1. The molecule has 2 aliphatic rings. The predicted octanol–water partition coefficient (Wildman–Crippen LogP) is 1.84. The Labute approximate surface area is 120 Å². The molecule has 20 heavy (non-hydrogen) atoms. The van der Waals surface area contributed by atoms with E-state index in [1.54, 1.807) is 7.11 Å². The number of hydrogen-bond acceptors (Lipinski definition) is 4. The number of likely N-dealkylation sites (tertiary alicyclic amines) is 1. The van der Waals surface area contributed by atoms with Gasteiger partial charge in [0.2, 0.25) is 0 Å².